The van der Waals surface area contributed by atoms with E-state index in [0.29, 0.717) is 12.2 Å². The van der Waals surface area contributed by atoms with Crippen LogP contribution in [0, 0.1) is 6.92 Å². The van der Waals surface area contributed by atoms with Crippen molar-refractivity contribution in [2.75, 3.05) is 18.0 Å². The molecule has 22 heavy (non-hydrogen) atoms. The van der Waals surface area contributed by atoms with Crippen molar-refractivity contribution in [3.05, 3.63) is 59.4 Å². The summed E-state index contributed by atoms with van der Waals surface area (Å²) in [6.07, 6.45) is 4.16. The van der Waals surface area contributed by atoms with Crippen molar-refractivity contribution in [1.82, 2.24) is 10.3 Å². The van der Waals surface area contributed by atoms with Crippen LogP contribution >= 0.6 is 0 Å². The summed E-state index contributed by atoms with van der Waals surface area (Å²) in [5.41, 5.74) is 3.89. The lowest BCUT2D eigenvalue weighted by molar-refractivity contribution is 0.0946. The second-order valence-electron chi connectivity index (χ2n) is 5.70. The zero-order chi connectivity index (χ0) is 15.4. The van der Waals surface area contributed by atoms with Crippen molar-refractivity contribution in [3.8, 4) is 0 Å². The Hall–Kier alpha value is -2.36. The number of pyridine rings is 1. The molecule has 0 spiro atoms. The van der Waals surface area contributed by atoms with Crippen LogP contribution in [0.2, 0.25) is 0 Å². The lowest BCUT2D eigenvalue weighted by Crippen LogP contribution is -2.25. The monoisotopic (exact) mass is 295 g/mol. The summed E-state index contributed by atoms with van der Waals surface area (Å²) in [5, 5.41) is 2.95. The van der Waals surface area contributed by atoms with Gasteiger partial charge in [-0.05, 0) is 43.0 Å². The molecule has 114 valence electrons. The van der Waals surface area contributed by atoms with Gasteiger partial charge in [0.2, 0.25) is 0 Å². The van der Waals surface area contributed by atoms with E-state index in [2.05, 4.69) is 15.2 Å². The van der Waals surface area contributed by atoms with Gasteiger partial charge in [-0.1, -0.05) is 24.3 Å². The number of hydrogen-bond acceptors (Lipinski definition) is 3. The Morgan fingerprint density at radius 3 is 2.77 bits per heavy atom. The molecule has 4 heteroatoms. The molecular formula is C18H21N3O. The minimum atomic E-state index is -0.121. The molecule has 1 aromatic carbocycles. The molecule has 2 heterocycles. The molecule has 0 saturated carbocycles. The van der Waals surface area contributed by atoms with Crippen LogP contribution in [-0.2, 0) is 6.54 Å². The molecule has 4 nitrogen and oxygen atoms in total. The minimum absolute atomic E-state index is 0.121. The quantitative estimate of drug-likeness (QED) is 0.943. The zero-order valence-electron chi connectivity index (χ0n) is 12.9. The number of amides is 1. The van der Waals surface area contributed by atoms with Crippen LogP contribution in [0.15, 0.2) is 42.6 Å². The van der Waals surface area contributed by atoms with Crippen molar-refractivity contribution in [2.24, 2.45) is 0 Å². The molecule has 3 rings (SSSR count). The Kier molecular flexibility index (Phi) is 4.37. The Balaban J connectivity index is 1.67. The van der Waals surface area contributed by atoms with Crippen molar-refractivity contribution < 1.29 is 4.79 Å². The van der Waals surface area contributed by atoms with Crippen molar-refractivity contribution in [3.63, 3.8) is 0 Å². The highest BCUT2D eigenvalue weighted by Gasteiger charge is 2.15. The average molecular weight is 295 g/mol. The smallest absolute Gasteiger partial charge is 0.270 e. The second kappa shape index (κ2) is 6.60. The van der Waals surface area contributed by atoms with Gasteiger partial charge in [-0.15, -0.1) is 0 Å². The van der Waals surface area contributed by atoms with E-state index in [-0.39, 0.29) is 5.91 Å². The van der Waals surface area contributed by atoms with E-state index in [9.17, 15) is 4.79 Å². The van der Waals surface area contributed by atoms with E-state index in [4.69, 9.17) is 0 Å². The molecule has 1 N–H and O–H groups in total. The summed E-state index contributed by atoms with van der Waals surface area (Å²) in [4.78, 5) is 18.8. The lowest BCUT2D eigenvalue weighted by atomic mass is 10.1. The summed E-state index contributed by atoms with van der Waals surface area (Å²) in [6.45, 7) is 4.71. The predicted molar refractivity (Wildman–Crippen MR) is 88.0 cm³/mol. The van der Waals surface area contributed by atoms with Crippen LogP contribution in [0.25, 0.3) is 0 Å². The maximum absolute atomic E-state index is 12.3. The fourth-order valence-corrected chi connectivity index (χ4v) is 2.79. The van der Waals surface area contributed by atoms with Gasteiger partial charge in [0.1, 0.15) is 5.69 Å². The summed E-state index contributed by atoms with van der Waals surface area (Å²) < 4.78 is 0. The number of benzene rings is 1. The third kappa shape index (κ3) is 3.27. The molecule has 1 fully saturated rings. The molecule has 0 atom stereocenters. The average Bonchev–Trinajstić information content (AvgIpc) is 3.08. The molecule has 1 aromatic heterocycles. The van der Waals surface area contributed by atoms with Gasteiger partial charge in [0, 0.05) is 31.5 Å². The van der Waals surface area contributed by atoms with Crippen LogP contribution in [0.1, 0.15) is 34.5 Å². The van der Waals surface area contributed by atoms with Gasteiger partial charge in [-0.3, -0.25) is 9.78 Å². The first-order valence-corrected chi connectivity index (χ1v) is 7.78. The highest BCUT2D eigenvalue weighted by Crippen LogP contribution is 2.20. The number of anilines is 1. The normalized spacial score (nSPS) is 14.1. The van der Waals surface area contributed by atoms with Gasteiger partial charge in [0.25, 0.3) is 5.91 Å². The molecule has 0 bridgehead atoms. The summed E-state index contributed by atoms with van der Waals surface area (Å²) in [5.74, 6) is -0.121. The molecule has 2 aromatic rings. The largest absolute Gasteiger partial charge is 0.371 e. The van der Waals surface area contributed by atoms with E-state index in [1.54, 1.807) is 6.20 Å². The number of rotatable bonds is 4. The molecule has 0 aliphatic carbocycles. The first-order chi connectivity index (χ1) is 10.7. The van der Waals surface area contributed by atoms with E-state index in [1.807, 2.05) is 43.3 Å². The molecule has 1 amide bonds. The Bertz CT molecular complexity index is 663. The number of carbonyl (C=O) groups excluding carboxylic acids is 1. The van der Waals surface area contributed by atoms with E-state index >= 15 is 0 Å². The van der Waals surface area contributed by atoms with Crippen molar-refractivity contribution in [1.29, 1.82) is 0 Å². The Morgan fingerprint density at radius 1 is 1.23 bits per heavy atom. The van der Waals surface area contributed by atoms with Crippen LogP contribution in [0.5, 0.6) is 0 Å². The first-order valence-electron chi connectivity index (χ1n) is 7.78. The second-order valence-corrected chi connectivity index (χ2v) is 5.70. The van der Waals surface area contributed by atoms with Crippen LogP contribution < -0.4 is 10.2 Å². The van der Waals surface area contributed by atoms with E-state index < -0.39 is 0 Å². The van der Waals surface area contributed by atoms with Crippen molar-refractivity contribution in [2.45, 2.75) is 26.3 Å². The summed E-state index contributed by atoms with van der Waals surface area (Å²) in [6, 6.07) is 11.9. The SMILES string of the molecule is Cc1ccccc1CNC(=O)c1cc(N2CCCC2)ccn1. The molecule has 1 saturated heterocycles. The van der Waals surface area contributed by atoms with Gasteiger partial charge in [-0.2, -0.15) is 0 Å². The number of carbonyl (C=O) groups is 1. The topological polar surface area (TPSA) is 45.2 Å². The summed E-state index contributed by atoms with van der Waals surface area (Å²) >= 11 is 0. The maximum atomic E-state index is 12.3. The predicted octanol–water partition coefficient (Wildman–Crippen LogP) is 2.92. The van der Waals surface area contributed by atoms with E-state index in [0.717, 1.165) is 24.3 Å². The van der Waals surface area contributed by atoms with Gasteiger partial charge in [0.05, 0.1) is 0 Å². The lowest BCUT2D eigenvalue weighted by Gasteiger charge is -2.17. The zero-order valence-corrected chi connectivity index (χ0v) is 12.9. The van der Waals surface area contributed by atoms with Crippen molar-refractivity contribution >= 4 is 11.6 Å². The summed E-state index contributed by atoms with van der Waals surface area (Å²) in [7, 11) is 0. The minimum Gasteiger partial charge on any atom is -0.371 e. The molecule has 1 aliphatic heterocycles. The number of hydrogen-bond donors (Lipinski definition) is 1. The van der Waals surface area contributed by atoms with Crippen LogP contribution in [-0.4, -0.2) is 24.0 Å². The van der Waals surface area contributed by atoms with E-state index in [1.165, 1.54) is 18.4 Å². The molecule has 0 radical (unpaired) electrons. The van der Waals surface area contributed by atoms with Gasteiger partial charge in [0.15, 0.2) is 0 Å². The van der Waals surface area contributed by atoms with Crippen LogP contribution in [0.4, 0.5) is 5.69 Å². The van der Waals surface area contributed by atoms with Gasteiger partial charge >= 0.3 is 0 Å². The molecular weight excluding hydrogens is 274 g/mol. The van der Waals surface area contributed by atoms with Gasteiger partial charge in [-0.25, -0.2) is 0 Å². The highest BCUT2D eigenvalue weighted by molar-refractivity contribution is 5.93. The molecule has 0 unspecified atom stereocenters. The van der Waals surface area contributed by atoms with Gasteiger partial charge < -0.3 is 10.2 Å². The molecule has 1 aliphatic rings. The standard InChI is InChI=1S/C18H21N3O/c1-14-6-2-3-7-15(14)13-20-18(22)17-12-16(8-9-19-17)21-10-4-5-11-21/h2-3,6-9,12H,4-5,10-11,13H2,1H3,(H,20,22). The third-order valence-corrected chi connectivity index (χ3v) is 4.15. The highest BCUT2D eigenvalue weighted by atomic mass is 16.1. The Morgan fingerprint density at radius 2 is 2.00 bits per heavy atom. The Labute approximate surface area is 131 Å². The fraction of sp³-hybridized carbons (Fsp3) is 0.333. The maximum Gasteiger partial charge on any atom is 0.270 e. The third-order valence-electron chi connectivity index (χ3n) is 4.15. The first kappa shape index (κ1) is 14.6. The van der Waals surface area contributed by atoms with Crippen LogP contribution in [0.3, 0.4) is 0 Å². The number of nitrogens with one attached hydrogen (secondary N) is 1. The number of nitrogens with zero attached hydrogens (tertiary/aromatic N) is 2. The number of aryl methyl sites for hydroxylation is 1. The fourth-order valence-electron chi connectivity index (χ4n) is 2.79. The number of aromatic nitrogens is 1.